The van der Waals surface area contributed by atoms with Gasteiger partial charge in [0.15, 0.2) is 0 Å². The van der Waals surface area contributed by atoms with Crippen molar-refractivity contribution in [2.45, 2.75) is 37.3 Å². The van der Waals surface area contributed by atoms with Crippen LogP contribution in [0.4, 0.5) is 0 Å². The van der Waals surface area contributed by atoms with Gasteiger partial charge < -0.3 is 15.7 Å². The summed E-state index contributed by atoms with van der Waals surface area (Å²) >= 11 is 0. The van der Waals surface area contributed by atoms with E-state index in [-0.39, 0.29) is 6.04 Å². The normalized spacial score (nSPS) is 39.5. The van der Waals surface area contributed by atoms with Gasteiger partial charge in [0.2, 0.25) is 0 Å². The number of rotatable bonds is 2. The molecule has 3 N–H and O–H groups in total. The van der Waals surface area contributed by atoms with E-state index in [1.807, 2.05) is 0 Å². The molecule has 2 unspecified atom stereocenters. The van der Waals surface area contributed by atoms with Gasteiger partial charge in [0, 0.05) is 6.04 Å². The fourth-order valence-corrected chi connectivity index (χ4v) is 2.50. The fraction of sp³-hybridized carbons (Fsp3) is 0.889. The van der Waals surface area contributed by atoms with Crippen molar-refractivity contribution in [1.29, 1.82) is 0 Å². The third-order valence-corrected chi connectivity index (χ3v) is 3.23. The molecule has 4 nitrogen and oxygen atoms in total. The molecule has 0 saturated carbocycles. The summed E-state index contributed by atoms with van der Waals surface area (Å²) in [4.78, 5) is 11.2. The second-order valence-corrected chi connectivity index (χ2v) is 3.96. The van der Waals surface area contributed by atoms with Gasteiger partial charge in [-0.25, -0.2) is 0 Å². The lowest BCUT2D eigenvalue weighted by atomic mass is 9.87. The zero-order valence-corrected chi connectivity index (χ0v) is 7.68. The fourth-order valence-electron chi connectivity index (χ4n) is 2.50. The Kier molecular flexibility index (Phi) is 2.26. The third-order valence-electron chi connectivity index (χ3n) is 3.23. The maximum absolute atomic E-state index is 11.2. The van der Waals surface area contributed by atoms with Crippen molar-refractivity contribution in [3.05, 3.63) is 0 Å². The van der Waals surface area contributed by atoms with Crippen molar-refractivity contribution in [2.75, 3.05) is 13.1 Å². The van der Waals surface area contributed by atoms with Crippen molar-refractivity contribution in [3.8, 4) is 0 Å². The standard InChI is InChI=1S/C9H16N2O2/c12-8(13)9(4-2-6-11-9)7-3-1-5-10-7/h7,10-11H,1-6H2,(H,12,13). The molecule has 4 heteroatoms. The lowest BCUT2D eigenvalue weighted by Gasteiger charge is -2.31. The predicted octanol–water partition coefficient (Wildman–Crippen LogP) is -0.0548. The van der Waals surface area contributed by atoms with Crippen LogP contribution >= 0.6 is 0 Å². The van der Waals surface area contributed by atoms with Gasteiger partial charge in [0.25, 0.3) is 0 Å². The van der Waals surface area contributed by atoms with Crippen LogP contribution in [0.5, 0.6) is 0 Å². The molecule has 0 radical (unpaired) electrons. The van der Waals surface area contributed by atoms with Crippen LogP contribution in [0.2, 0.25) is 0 Å². The molecule has 2 saturated heterocycles. The van der Waals surface area contributed by atoms with Crippen molar-refractivity contribution in [2.24, 2.45) is 0 Å². The molecule has 0 aromatic rings. The summed E-state index contributed by atoms with van der Waals surface area (Å²) in [6.45, 7) is 1.80. The van der Waals surface area contributed by atoms with Crippen LogP contribution in [0.15, 0.2) is 0 Å². The number of hydrogen-bond donors (Lipinski definition) is 3. The predicted molar refractivity (Wildman–Crippen MR) is 48.6 cm³/mol. The Hall–Kier alpha value is -0.610. The second kappa shape index (κ2) is 3.27. The average molecular weight is 184 g/mol. The van der Waals surface area contributed by atoms with Crippen molar-refractivity contribution in [1.82, 2.24) is 10.6 Å². The number of hydrogen-bond acceptors (Lipinski definition) is 3. The maximum Gasteiger partial charge on any atom is 0.325 e. The van der Waals surface area contributed by atoms with Crippen LogP contribution in [-0.4, -0.2) is 35.7 Å². The van der Waals surface area contributed by atoms with Crippen molar-refractivity contribution in [3.63, 3.8) is 0 Å². The Bertz CT molecular complexity index is 206. The first-order chi connectivity index (χ1) is 6.26. The summed E-state index contributed by atoms with van der Waals surface area (Å²) in [6.07, 6.45) is 3.82. The van der Waals surface area contributed by atoms with E-state index < -0.39 is 11.5 Å². The zero-order valence-electron chi connectivity index (χ0n) is 7.68. The van der Waals surface area contributed by atoms with Gasteiger partial charge in [0.1, 0.15) is 5.54 Å². The lowest BCUT2D eigenvalue weighted by Crippen LogP contribution is -2.59. The van der Waals surface area contributed by atoms with E-state index in [9.17, 15) is 9.90 Å². The molecule has 2 aliphatic rings. The Morgan fingerprint density at radius 2 is 2.23 bits per heavy atom. The molecule has 0 aromatic carbocycles. The van der Waals surface area contributed by atoms with Gasteiger partial charge in [-0.15, -0.1) is 0 Å². The van der Waals surface area contributed by atoms with Gasteiger partial charge in [-0.05, 0) is 38.8 Å². The molecule has 13 heavy (non-hydrogen) atoms. The van der Waals surface area contributed by atoms with E-state index in [1.54, 1.807) is 0 Å². The molecule has 74 valence electrons. The number of nitrogens with one attached hydrogen (secondary N) is 2. The number of carbonyl (C=O) groups is 1. The topological polar surface area (TPSA) is 61.4 Å². The molecular formula is C9H16N2O2. The van der Waals surface area contributed by atoms with E-state index in [1.165, 1.54) is 0 Å². The number of aliphatic carboxylic acids is 1. The molecule has 0 bridgehead atoms. The van der Waals surface area contributed by atoms with Gasteiger partial charge in [0.05, 0.1) is 0 Å². The highest BCUT2D eigenvalue weighted by atomic mass is 16.4. The summed E-state index contributed by atoms with van der Waals surface area (Å²) in [5.74, 6) is -0.690. The highest BCUT2D eigenvalue weighted by Crippen LogP contribution is 2.28. The van der Waals surface area contributed by atoms with Gasteiger partial charge in [-0.1, -0.05) is 0 Å². The van der Waals surface area contributed by atoms with Crippen LogP contribution in [0.25, 0.3) is 0 Å². The van der Waals surface area contributed by atoms with Crippen LogP contribution in [-0.2, 0) is 4.79 Å². The van der Waals surface area contributed by atoms with E-state index in [4.69, 9.17) is 0 Å². The Morgan fingerprint density at radius 1 is 1.38 bits per heavy atom. The first-order valence-corrected chi connectivity index (χ1v) is 4.97. The van der Waals surface area contributed by atoms with Crippen LogP contribution in [0.1, 0.15) is 25.7 Å². The van der Waals surface area contributed by atoms with Gasteiger partial charge >= 0.3 is 5.97 Å². The lowest BCUT2D eigenvalue weighted by molar-refractivity contribution is -0.145. The quantitative estimate of drug-likeness (QED) is 0.563. The molecule has 2 rings (SSSR count). The third kappa shape index (κ3) is 1.34. The molecule has 0 amide bonds. The summed E-state index contributed by atoms with van der Waals surface area (Å²) in [5.41, 5.74) is -0.670. The first kappa shape index (κ1) is 8.97. The summed E-state index contributed by atoms with van der Waals surface area (Å²) in [5, 5.41) is 15.6. The first-order valence-electron chi connectivity index (χ1n) is 4.97. The Balaban J connectivity index is 2.16. The molecular weight excluding hydrogens is 168 g/mol. The molecule has 0 spiro atoms. The van der Waals surface area contributed by atoms with E-state index >= 15 is 0 Å². The van der Waals surface area contributed by atoms with Crippen LogP contribution in [0, 0.1) is 0 Å². The molecule has 0 aliphatic carbocycles. The number of carboxylic acids is 1. The number of carboxylic acid groups (broad SMARTS) is 1. The highest BCUT2D eigenvalue weighted by Gasteiger charge is 2.48. The SMILES string of the molecule is O=C(O)C1(C2CCCN2)CCCN1. The largest absolute Gasteiger partial charge is 0.480 e. The van der Waals surface area contributed by atoms with Crippen LogP contribution in [0.3, 0.4) is 0 Å². The highest BCUT2D eigenvalue weighted by molar-refractivity contribution is 5.80. The van der Waals surface area contributed by atoms with Crippen molar-refractivity contribution < 1.29 is 9.90 Å². The van der Waals surface area contributed by atoms with Gasteiger partial charge in [-0.2, -0.15) is 0 Å². The van der Waals surface area contributed by atoms with Gasteiger partial charge in [-0.3, -0.25) is 4.79 Å². The summed E-state index contributed by atoms with van der Waals surface area (Å²) < 4.78 is 0. The monoisotopic (exact) mass is 184 g/mol. The molecule has 2 atom stereocenters. The second-order valence-electron chi connectivity index (χ2n) is 3.96. The van der Waals surface area contributed by atoms with E-state index in [0.29, 0.717) is 0 Å². The maximum atomic E-state index is 11.2. The minimum absolute atomic E-state index is 0.132. The van der Waals surface area contributed by atoms with E-state index in [0.717, 1.165) is 38.8 Å². The summed E-state index contributed by atoms with van der Waals surface area (Å²) in [6, 6.07) is 0.132. The zero-order chi connectivity index (χ0) is 9.31. The minimum Gasteiger partial charge on any atom is -0.480 e. The molecule has 0 aromatic heterocycles. The molecule has 2 fully saturated rings. The smallest absolute Gasteiger partial charge is 0.325 e. The Labute approximate surface area is 77.7 Å². The molecule has 2 heterocycles. The molecule has 2 aliphatic heterocycles. The minimum atomic E-state index is -0.690. The van der Waals surface area contributed by atoms with E-state index in [2.05, 4.69) is 10.6 Å². The average Bonchev–Trinajstić information content (AvgIpc) is 2.75. The Morgan fingerprint density at radius 3 is 2.69 bits per heavy atom. The van der Waals surface area contributed by atoms with Crippen LogP contribution < -0.4 is 10.6 Å². The summed E-state index contributed by atoms with van der Waals surface area (Å²) in [7, 11) is 0. The van der Waals surface area contributed by atoms with Crippen molar-refractivity contribution >= 4 is 5.97 Å².